The summed E-state index contributed by atoms with van der Waals surface area (Å²) in [7, 11) is 0. The van der Waals surface area contributed by atoms with Crippen molar-refractivity contribution in [2.75, 3.05) is 13.2 Å². The minimum absolute atomic E-state index is 0.106. The van der Waals surface area contributed by atoms with E-state index in [0.717, 1.165) is 89.9 Å². The summed E-state index contributed by atoms with van der Waals surface area (Å²) in [6, 6.07) is 0. The zero-order valence-corrected chi connectivity index (χ0v) is 53.9. The van der Waals surface area contributed by atoms with Gasteiger partial charge in [0.05, 0.1) is 6.42 Å². The molecule has 0 saturated heterocycles. The van der Waals surface area contributed by atoms with Crippen molar-refractivity contribution in [2.45, 2.75) is 309 Å². The second-order valence-electron chi connectivity index (χ2n) is 22.3. The highest BCUT2D eigenvalue weighted by atomic mass is 16.6. The monoisotopic (exact) mass is 1150 g/mol. The van der Waals surface area contributed by atoms with Gasteiger partial charge in [0, 0.05) is 12.8 Å². The van der Waals surface area contributed by atoms with Gasteiger partial charge < -0.3 is 14.2 Å². The van der Waals surface area contributed by atoms with Gasteiger partial charge in [-0.3, -0.25) is 14.4 Å². The van der Waals surface area contributed by atoms with Gasteiger partial charge in [-0.15, -0.1) is 0 Å². The van der Waals surface area contributed by atoms with Crippen LogP contribution in [-0.2, 0) is 28.6 Å². The lowest BCUT2D eigenvalue weighted by Gasteiger charge is -2.18. The van der Waals surface area contributed by atoms with Crippen LogP contribution in [0.15, 0.2) is 146 Å². The molecule has 0 amide bonds. The van der Waals surface area contributed by atoms with Crippen molar-refractivity contribution in [3.63, 3.8) is 0 Å². The molecule has 0 aliphatic carbocycles. The Morgan fingerprint density at radius 3 is 0.892 bits per heavy atom. The first-order chi connectivity index (χ1) is 41.0. The predicted octanol–water partition coefficient (Wildman–Crippen LogP) is 23.9. The summed E-state index contributed by atoms with van der Waals surface area (Å²) in [6.45, 7) is 6.28. The molecule has 0 fully saturated rings. The molecule has 1 unspecified atom stereocenters. The Morgan fingerprint density at radius 2 is 0.542 bits per heavy atom. The van der Waals surface area contributed by atoms with E-state index in [1.165, 1.54) is 167 Å². The third kappa shape index (κ3) is 68.0. The average Bonchev–Trinajstić information content (AvgIpc) is 3.49. The van der Waals surface area contributed by atoms with Crippen LogP contribution in [0, 0.1) is 0 Å². The Labute approximate surface area is 512 Å². The lowest BCUT2D eigenvalue weighted by Crippen LogP contribution is -2.30. The molecule has 470 valence electrons. The second-order valence-corrected chi connectivity index (χ2v) is 22.3. The van der Waals surface area contributed by atoms with Crippen LogP contribution >= 0.6 is 0 Å². The molecule has 6 nitrogen and oxygen atoms in total. The molecule has 0 rings (SSSR count). The summed E-state index contributed by atoms with van der Waals surface area (Å²) in [6.07, 6.45) is 101. The molecule has 0 bridgehead atoms. The molecule has 1 atom stereocenters. The molecule has 0 aromatic rings. The zero-order valence-electron chi connectivity index (χ0n) is 53.9. The van der Waals surface area contributed by atoms with Gasteiger partial charge in [-0.1, -0.05) is 321 Å². The predicted molar refractivity (Wildman–Crippen MR) is 362 cm³/mol. The van der Waals surface area contributed by atoms with Crippen LogP contribution in [0.5, 0.6) is 0 Å². The Morgan fingerprint density at radius 1 is 0.265 bits per heavy atom. The molecular weight excluding hydrogens is 1020 g/mol. The molecule has 0 aromatic carbocycles. The molecule has 0 aliphatic heterocycles. The highest BCUT2D eigenvalue weighted by Crippen LogP contribution is 2.17. The molecule has 6 heteroatoms. The smallest absolute Gasteiger partial charge is 0.309 e. The number of unbranched alkanes of at least 4 members (excludes halogenated alkanes) is 27. The molecule has 0 N–H and O–H groups in total. The van der Waals surface area contributed by atoms with Gasteiger partial charge in [-0.25, -0.2) is 0 Å². The van der Waals surface area contributed by atoms with E-state index in [1.807, 2.05) is 18.2 Å². The van der Waals surface area contributed by atoms with Gasteiger partial charge in [0.25, 0.3) is 0 Å². The molecule has 0 aromatic heterocycles. The van der Waals surface area contributed by atoms with E-state index in [9.17, 15) is 14.4 Å². The van der Waals surface area contributed by atoms with Crippen LogP contribution in [0.25, 0.3) is 0 Å². The van der Waals surface area contributed by atoms with E-state index in [2.05, 4.69) is 142 Å². The van der Waals surface area contributed by atoms with Crippen LogP contribution in [-0.4, -0.2) is 37.2 Å². The fraction of sp³-hybridized carbons (Fsp3) is 0.649. The SMILES string of the molecule is CC/C=C\C/C=C\C/C=C\C/C=C\C/C=C\C/C=C\CCC(=O)OC(COC(=O)C/C=C\C/C=C\C/C=C\C/C=C\C/C=C\CC)COC(=O)CCCCCCCCCCCCCCCCCCCCC/C=C\CCCCCCCCCC. The van der Waals surface area contributed by atoms with Crippen LogP contribution in [0.2, 0.25) is 0 Å². The molecule has 0 saturated carbocycles. The molecule has 0 aliphatic rings. The maximum Gasteiger partial charge on any atom is 0.309 e. The Kier molecular flexibility index (Phi) is 65.8. The summed E-state index contributed by atoms with van der Waals surface area (Å²) in [5.74, 6) is -1.16. The Bertz CT molecular complexity index is 1800. The van der Waals surface area contributed by atoms with Gasteiger partial charge in [0.15, 0.2) is 6.10 Å². The van der Waals surface area contributed by atoms with Gasteiger partial charge in [0.1, 0.15) is 13.2 Å². The van der Waals surface area contributed by atoms with Crippen LogP contribution < -0.4 is 0 Å². The van der Waals surface area contributed by atoms with Crippen molar-refractivity contribution >= 4 is 17.9 Å². The van der Waals surface area contributed by atoms with Gasteiger partial charge in [-0.05, 0) is 109 Å². The van der Waals surface area contributed by atoms with Crippen LogP contribution in [0.4, 0.5) is 0 Å². The second kappa shape index (κ2) is 69.8. The number of esters is 3. The zero-order chi connectivity index (χ0) is 59.9. The molecule has 0 spiro atoms. The summed E-state index contributed by atoms with van der Waals surface area (Å²) in [5.41, 5.74) is 0. The lowest BCUT2D eigenvalue weighted by molar-refractivity contribution is -0.166. The summed E-state index contributed by atoms with van der Waals surface area (Å²) >= 11 is 0. The van der Waals surface area contributed by atoms with Crippen LogP contribution in [0.1, 0.15) is 303 Å². The van der Waals surface area contributed by atoms with Crippen molar-refractivity contribution in [2.24, 2.45) is 0 Å². The minimum Gasteiger partial charge on any atom is -0.462 e. The van der Waals surface area contributed by atoms with Crippen molar-refractivity contribution < 1.29 is 28.6 Å². The number of carbonyl (C=O) groups is 3. The molecular formula is C77H126O6. The quantitative estimate of drug-likeness (QED) is 0.0261. The third-order valence-corrected chi connectivity index (χ3v) is 14.4. The highest BCUT2D eigenvalue weighted by molar-refractivity contribution is 5.72. The summed E-state index contributed by atoms with van der Waals surface area (Å²) in [4.78, 5) is 38.3. The van der Waals surface area contributed by atoms with Crippen molar-refractivity contribution in [1.82, 2.24) is 0 Å². The average molecular weight is 1150 g/mol. The van der Waals surface area contributed by atoms with Gasteiger partial charge >= 0.3 is 17.9 Å². The first-order valence-corrected chi connectivity index (χ1v) is 34.3. The van der Waals surface area contributed by atoms with Crippen molar-refractivity contribution in [3.05, 3.63) is 146 Å². The number of carbonyl (C=O) groups excluding carboxylic acids is 3. The van der Waals surface area contributed by atoms with Crippen LogP contribution in [0.3, 0.4) is 0 Å². The molecule has 83 heavy (non-hydrogen) atoms. The molecule has 0 radical (unpaired) electrons. The molecule has 0 heterocycles. The minimum atomic E-state index is -0.865. The number of hydrogen-bond donors (Lipinski definition) is 0. The number of ether oxygens (including phenoxy) is 3. The lowest BCUT2D eigenvalue weighted by atomic mass is 10.0. The Balaban J connectivity index is 4.37. The van der Waals surface area contributed by atoms with Gasteiger partial charge in [-0.2, -0.15) is 0 Å². The van der Waals surface area contributed by atoms with Gasteiger partial charge in [0.2, 0.25) is 0 Å². The normalized spacial score (nSPS) is 13.0. The van der Waals surface area contributed by atoms with Crippen molar-refractivity contribution in [1.29, 1.82) is 0 Å². The third-order valence-electron chi connectivity index (χ3n) is 14.4. The van der Waals surface area contributed by atoms with E-state index >= 15 is 0 Å². The van der Waals surface area contributed by atoms with Crippen molar-refractivity contribution in [3.8, 4) is 0 Å². The topological polar surface area (TPSA) is 78.9 Å². The Hall–Kier alpha value is -4.71. The van der Waals surface area contributed by atoms with E-state index in [0.29, 0.717) is 12.8 Å². The number of rotatable bonds is 61. The first-order valence-electron chi connectivity index (χ1n) is 34.3. The largest absolute Gasteiger partial charge is 0.462 e. The van der Waals surface area contributed by atoms with E-state index < -0.39 is 18.0 Å². The number of hydrogen-bond acceptors (Lipinski definition) is 6. The standard InChI is InChI=1S/C77H126O6/c1-4-7-10-13-16-19-22-25-28-30-32-33-34-35-36-37-38-39-40-41-42-43-45-46-49-52-55-58-61-64-67-70-76(79)82-73-74(72-81-75(78)69-66-63-60-57-54-51-48-27-24-21-18-15-12-9-6-3)83-77(80)71-68-65-62-59-56-53-50-47-44-31-29-26-23-20-17-14-11-8-5-2/h8-9,11-12,17-18,20-21,26-27,29-30,32,44,47-48,53-54,56-57,62-63,65-66,74H,4-7,10,13-16,19,22-25,28,31,33-43,45-46,49-52,55,58-61,64,67-73H2,1-3H3/b11-8-,12-9-,20-17-,21-18-,29-26-,32-30-,47-44-,48-27-,56-53-,57-54-,65-62-,66-63-. The fourth-order valence-corrected chi connectivity index (χ4v) is 9.30. The maximum absolute atomic E-state index is 12.9. The maximum atomic E-state index is 12.9. The van der Waals surface area contributed by atoms with E-state index in [1.54, 1.807) is 6.08 Å². The van der Waals surface area contributed by atoms with E-state index in [4.69, 9.17) is 14.2 Å². The van der Waals surface area contributed by atoms with E-state index in [-0.39, 0.29) is 32.0 Å². The fourth-order valence-electron chi connectivity index (χ4n) is 9.30. The first kappa shape index (κ1) is 78.3. The number of allylic oxidation sites excluding steroid dienone is 23. The summed E-state index contributed by atoms with van der Waals surface area (Å²) < 4.78 is 16.7. The summed E-state index contributed by atoms with van der Waals surface area (Å²) in [5, 5.41) is 0. The highest BCUT2D eigenvalue weighted by Gasteiger charge is 2.19.